The van der Waals surface area contributed by atoms with Gasteiger partial charge < -0.3 is 10.2 Å². The zero-order valence-corrected chi connectivity index (χ0v) is 21.4. The Balaban J connectivity index is 1.69. The molecule has 1 fully saturated rings. The number of carbonyl (C=O) groups is 2. The van der Waals surface area contributed by atoms with Crippen molar-refractivity contribution < 1.29 is 14.0 Å². The van der Waals surface area contributed by atoms with E-state index in [1.807, 2.05) is 30.3 Å². The average molecular weight is 527 g/mol. The van der Waals surface area contributed by atoms with E-state index in [0.717, 1.165) is 31.2 Å². The molecule has 3 aromatic rings. The second kappa shape index (κ2) is 12.4. The fraction of sp³-hybridized carbons (Fsp3) is 0.310. The molecule has 1 aliphatic rings. The summed E-state index contributed by atoms with van der Waals surface area (Å²) in [5.74, 6) is -0.828. The number of hydrogen-bond acceptors (Lipinski definition) is 2. The van der Waals surface area contributed by atoms with E-state index in [0.29, 0.717) is 27.6 Å². The van der Waals surface area contributed by atoms with Gasteiger partial charge in [-0.1, -0.05) is 84.6 Å². The molecule has 1 aliphatic carbocycles. The fourth-order valence-electron chi connectivity index (χ4n) is 4.65. The monoisotopic (exact) mass is 526 g/mol. The Labute approximate surface area is 221 Å². The van der Waals surface area contributed by atoms with Crippen LogP contribution >= 0.6 is 23.2 Å². The lowest BCUT2D eigenvalue weighted by Gasteiger charge is -2.33. The molecule has 7 heteroatoms. The van der Waals surface area contributed by atoms with Crippen LogP contribution in [0.4, 0.5) is 4.39 Å². The number of amides is 2. The van der Waals surface area contributed by atoms with Crippen molar-refractivity contribution in [3.8, 4) is 0 Å². The lowest BCUT2D eigenvalue weighted by Crippen LogP contribution is -2.52. The van der Waals surface area contributed by atoms with Crippen LogP contribution in [0.2, 0.25) is 10.0 Å². The Kier molecular flexibility index (Phi) is 9.00. The van der Waals surface area contributed by atoms with Crippen molar-refractivity contribution in [2.45, 2.75) is 57.2 Å². The van der Waals surface area contributed by atoms with E-state index in [9.17, 15) is 14.0 Å². The summed E-state index contributed by atoms with van der Waals surface area (Å²) in [5.41, 5.74) is 2.18. The summed E-state index contributed by atoms with van der Waals surface area (Å²) in [4.78, 5) is 29.0. The fourth-order valence-corrected chi connectivity index (χ4v) is 5.17. The van der Waals surface area contributed by atoms with Crippen LogP contribution in [0.5, 0.6) is 0 Å². The minimum Gasteiger partial charge on any atom is -0.352 e. The summed E-state index contributed by atoms with van der Waals surface area (Å²) < 4.78 is 13.5. The average Bonchev–Trinajstić information content (AvgIpc) is 3.38. The molecule has 1 saturated carbocycles. The van der Waals surface area contributed by atoms with Gasteiger partial charge in [0.2, 0.25) is 11.8 Å². The van der Waals surface area contributed by atoms with Gasteiger partial charge in [0.15, 0.2) is 0 Å². The summed E-state index contributed by atoms with van der Waals surface area (Å²) in [7, 11) is 0. The van der Waals surface area contributed by atoms with Gasteiger partial charge >= 0.3 is 0 Å². The highest BCUT2D eigenvalue weighted by molar-refractivity contribution is 6.36. The molecule has 3 aromatic carbocycles. The number of nitrogens with zero attached hydrogens (tertiary/aromatic N) is 1. The smallest absolute Gasteiger partial charge is 0.243 e. The van der Waals surface area contributed by atoms with Crippen LogP contribution in [0.1, 0.15) is 42.4 Å². The largest absolute Gasteiger partial charge is 0.352 e. The van der Waals surface area contributed by atoms with E-state index >= 15 is 0 Å². The molecule has 1 N–H and O–H groups in total. The van der Waals surface area contributed by atoms with Crippen molar-refractivity contribution in [3.05, 3.63) is 105 Å². The Morgan fingerprint density at radius 2 is 1.53 bits per heavy atom. The van der Waals surface area contributed by atoms with E-state index in [1.54, 1.807) is 35.2 Å². The lowest BCUT2D eigenvalue weighted by atomic mass is 10.0. The number of hydrogen-bond donors (Lipinski definition) is 1. The predicted molar refractivity (Wildman–Crippen MR) is 141 cm³/mol. The Bertz CT molecular complexity index is 1160. The van der Waals surface area contributed by atoms with Gasteiger partial charge in [-0.05, 0) is 48.2 Å². The Morgan fingerprint density at radius 1 is 0.889 bits per heavy atom. The molecular weight excluding hydrogens is 498 g/mol. The molecule has 0 aliphatic heterocycles. The molecule has 4 rings (SSSR count). The van der Waals surface area contributed by atoms with Crippen LogP contribution in [0, 0.1) is 5.82 Å². The van der Waals surface area contributed by atoms with Crippen molar-refractivity contribution in [1.29, 1.82) is 0 Å². The summed E-state index contributed by atoms with van der Waals surface area (Å²) in [6, 6.07) is 20.0. The summed E-state index contributed by atoms with van der Waals surface area (Å²) in [6.07, 6.45) is 4.39. The quantitative estimate of drug-likeness (QED) is 0.352. The maximum atomic E-state index is 13.8. The van der Waals surface area contributed by atoms with Crippen LogP contribution in [-0.4, -0.2) is 28.8 Å². The third kappa shape index (κ3) is 6.86. The van der Waals surface area contributed by atoms with Crippen molar-refractivity contribution >= 4 is 35.0 Å². The van der Waals surface area contributed by atoms with E-state index in [2.05, 4.69) is 5.32 Å². The maximum absolute atomic E-state index is 13.8. The van der Waals surface area contributed by atoms with Gasteiger partial charge in [-0.25, -0.2) is 4.39 Å². The van der Waals surface area contributed by atoms with Crippen LogP contribution < -0.4 is 5.32 Å². The highest BCUT2D eigenvalue weighted by Gasteiger charge is 2.33. The summed E-state index contributed by atoms with van der Waals surface area (Å²) in [5, 5.41) is 4.03. The molecular formula is C29H29Cl2FN2O2. The molecule has 4 nitrogen and oxygen atoms in total. The normalized spacial score (nSPS) is 14.4. The van der Waals surface area contributed by atoms with Crippen molar-refractivity contribution in [2.24, 2.45) is 0 Å². The molecule has 188 valence electrons. The van der Waals surface area contributed by atoms with Crippen LogP contribution in [-0.2, 0) is 29.0 Å². The zero-order chi connectivity index (χ0) is 25.5. The van der Waals surface area contributed by atoms with Gasteiger partial charge in [-0.2, -0.15) is 0 Å². The van der Waals surface area contributed by atoms with E-state index < -0.39 is 6.04 Å². The predicted octanol–water partition coefficient (Wildman–Crippen LogP) is 6.37. The lowest BCUT2D eigenvalue weighted by molar-refractivity contribution is -0.141. The third-order valence-corrected chi connectivity index (χ3v) is 7.34. The summed E-state index contributed by atoms with van der Waals surface area (Å²) in [6.45, 7) is 0.0775. The number of halogens is 3. The van der Waals surface area contributed by atoms with Crippen LogP contribution in [0.15, 0.2) is 72.8 Å². The van der Waals surface area contributed by atoms with Gasteiger partial charge in [-0.3, -0.25) is 9.59 Å². The molecule has 36 heavy (non-hydrogen) atoms. The van der Waals surface area contributed by atoms with Crippen molar-refractivity contribution in [1.82, 2.24) is 10.2 Å². The summed E-state index contributed by atoms with van der Waals surface area (Å²) >= 11 is 12.9. The van der Waals surface area contributed by atoms with Gasteiger partial charge in [0.25, 0.3) is 0 Å². The highest BCUT2D eigenvalue weighted by atomic mass is 35.5. The highest BCUT2D eigenvalue weighted by Crippen LogP contribution is 2.28. The minimum atomic E-state index is -0.770. The SMILES string of the molecule is O=C(NC1CCCC1)[C@H](Cc1ccccc1)N(Cc1c(Cl)cccc1Cl)C(=O)Cc1ccc(F)cc1. The van der Waals surface area contributed by atoms with Crippen LogP contribution in [0.25, 0.3) is 0 Å². The molecule has 1 atom stereocenters. The van der Waals surface area contributed by atoms with Crippen LogP contribution in [0.3, 0.4) is 0 Å². The number of carbonyl (C=O) groups excluding carboxylic acids is 2. The molecule has 0 unspecified atom stereocenters. The third-order valence-electron chi connectivity index (χ3n) is 6.63. The minimum absolute atomic E-state index is 0.0182. The molecule has 0 bridgehead atoms. The first-order chi connectivity index (χ1) is 17.4. The second-order valence-corrected chi connectivity index (χ2v) is 10.0. The van der Waals surface area contributed by atoms with Gasteiger partial charge in [0.05, 0.1) is 6.42 Å². The van der Waals surface area contributed by atoms with Gasteiger partial charge in [0.1, 0.15) is 11.9 Å². The second-order valence-electron chi connectivity index (χ2n) is 9.22. The first-order valence-corrected chi connectivity index (χ1v) is 13.0. The standard InChI is InChI=1S/C29H29Cl2FN2O2/c30-25-11-6-12-26(31)24(25)19-34(28(35)18-21-13-15-22(32)16-14-21)27(17-20-7-2-1-3-8-20)29(36)33-23-9-4-5-10-23/h1-3,6-8,11-16,23,27H,4-5,9-10,17-19H2,(H,33,36)/t27-/m0/s1. The first kappa shape index (κ1) is 26.2. The number of nitrogens with one attached hydrogen (secondary N) is 1. The maximum Gasteiger partial charge on any atom is 0.243 e. The van der Waals surface area contributed by atoms with E-state index in [1.165, 1.54) is 12.1 Å². The number of rotatable bonds is 9. The van der Waals surface area contributed by atoms with E-state index in [-0.39, 0.29) is 36.6 Å². The molecule has 0 spiro atoms. The molecule has 0 radical (unpaired) electrons. The van der Waals surface area contributed by atoms with Crippen molar-refractivity contribution in [2.75, 3.05) is 0 Å². The van der Waals surface area contributed by atoms with E-state index in [4.69, 9.17) is 23.2 Å². The van der Waals surface area contributed by atoms with Crippen molar-refractivity contribution in [3.63, 3.8) is 0 Å². The number of benzene rings is 3. The Morgan fingerprint density at radius 3 is 2.17 bits per heavy atom. The zero-order valence-electron chi connectivity index (χ0n) is 19.9. The topological polar surface area (TPSA) is 49.4 Å². The molecule has 0 aromatic heterocycles. The van der Waals surface area contributed by atoms with Gasteiger partial charge in [-0.15, -0.1) is 0 Å². The molecule has 0 saturated heterocycles. The Hall–Kier alpha value is -2.89. The first-order valence-electron chi connectivity index (χ1n) is 12.2. The van der Waals surface area contributed by atoms with Gasteiger partial charge in [0, 0.05) is 34.6 Å². The molecule has 2 amide bonds. The molecule has 0 heterocycles.